The van der Waals surface area contributed by atoms with Crippen LogP contribution in [0.4, 0.5) is 0 Å². The van der Waals surface area contributed by atoms with E-state index in [1.54, 1.807) is 0 Å². The molecular weight excluding hydrogens is 342 g/mol. The highest BCUT2D eigenvalue weighted by molar-refractivity contribution is 5.85. The fourth-order valence-electron chi connectivity index (χ4n) is 4.03. The van der Waals surface area contributed by atoms with Crippen LogP contribution in [0.25, 0.3) is 0 Å². The largest absolute Gasteiger partial charge is 0.507 e. The van der Waals surface area contributed by atoms with Crippen molar-refractivity contribution in [3.8, 4) is 5.75 Å². The van der Waals surface area contributed by atoms with Crippen LogP contribution in [0.1, 0.15) is 54.0 Å². The van der Waals surface area contributed by atoms with Crippen LogP contribution < -0.4 is 0 Å². The highest BCUT2D eigenvalue weighted by atomic mass is 16.3. The molecule has 0 heterocycles. The molecule has 0 amide bonds. The minimum absolute atomic E-state index is 0.323. The summed E-state index contributed by atoms with van der Waals surface area (Å²) >= 11 is 0. The van der Waals surface area contributed by atoms with E-state index in [0.717, 1.165) is 40.7 Å². The molecule has 1 saturated carbocycles. The Bertz CT molecular complexity index is 933. The fraction of sp³-hybridized carbons (Fsp3) is 0.269. The van der Waals surface area contributed by atoms with Crippen LogP contribution in [0.5, 0.6) is 5.75 Å². The van der Waals surface area contributed by atoms with Crippen molar-refractivity contribution < 1.29 is 5.11 Å². The van der Waals surface area contributed by atoms with E-state index in [2.05, 4.69) is 73.4 Å². The number of rotatable bonds is 5. The van der Waals surface area contributed by atoms with Crippen LogP contribution in [0.15, 0.2) is 77.8 Å². The van der Waals surface area contributed by atoms with Gasteiger partial charge in [0.2, 0.25) is 0 Å². The maximum Gasteiger partial charge on any atom is 0.128 e. The van der Waals surface area contributed by atoms with Gasteiger partial charge in [0.1, 0.15) is 5.75 Å². The first-order chi connectivity index (χ1) is 13.6. The minimum atomic E-state index is -0.461. The lowest BCUT2D eigenvalue weighted by atomic mass is 9.70. The highest BCUT2D eigenvalue weighted by Gasteiger charge is 2.34. The number of aryl methyl sites for hydroxylation is 1. The zero-order chi connectivity index (χ0) is 19.6. The maximum absolute atomic E-state index is 11.3. The predicted octanol–water partition coefficient (Wildman–Crippen LogP) is 6.03. The summed E-state index contributed by atoms with van der Waals surface area (Å²) in [4.78, 5) is 4.69. The Labute approximate surface area is 167 Å². The van der Waals surface area contributed by atoms with E-state index in [-0.39, 0.29) is 0 Å². The van der Waals surface area contributed by atoms with Gasteiger partial charge in [0.05, 0.1) is 0 Å². The number of benzene rings is 3. The van der Waals surface area contributed by atoms with Gasteiger partial charge < -0.3 is 5.11 Å². The molecule has 3 aromatic rings. The van der Waals surface area contributed by atoms with Crippen molar-refractivity contribution in [3.05, 3.63) is 101 Å². The summed E-state index contributed by atoms with van der Waals surface area (Å²) in [5.74, 6) is 0.323. The lowest BCUT2D eigenvalue weighted by Gasteiger charge is -2.33. The molecule has 1 aliphatic carbocycles. The van der Waals surface area contributed by atoms with Crippen LogP contribution in [0.2, 0.25) is 0 Å². The molecule has 1 fully saturated rings. The second kappa shape index (κ2) is 7.63. The standard InChI is InChI=1S/C26H27NO/c1-19-16-20(18-27-23-14-9-15-23)25(28)24(17-19)26(2,21-10-5-3-6-11-21)22-12-7-4-8-13-22/h3-8,10-13,16-18,23,28H,9,14-15H2,1-2H3. The van der Waals surface area contributed by atoms with E-state index in [9.17, 15) is 5.11 Å². The van der Waals surface area contributed by atoms with E-state index >= 15 is 0 Å². The van der Waals surface area contributed by atoms with Crippen LogP contribution in [0, 0.1) is 6.92 Å². The average molecular weight is 370 g/mol. The van der Waals surface area contributed by atoms with Crippen molar-refractivity contribution in [2.75, 3.05) is 0 Å². The fourth-order valence-corrected chi connectivity index (χ4v) is 4.03. The number of phenolic OH excluding ortho intramolecular Hbond substituents is 1. The zero-order valence-electron chi connectivity index (χ0n) is 16.6. The number of hydrogen-bond acceptors (Lipinski definition) is 2. The molecule has 0 atom stereocenters. The summed E-state index contributed by atoms with van der Waals surface area (Å²) in [5, 5.41) is 11.3. The van der Waals surface area contributed by atoms with Gasteiger partial charge in [-0.15, -0.1) is 0 Å². The topological polar surface area (TPSA) is 32.6 Å². The second-order valence-electron chi connectivity index (χ2n) is 7.97. The van der Waals surface area contributed by atoms with Gasteiger partial charge in [-0.25, -0.2) is 0 Å². The van der Waals surface area contributed by atoms with Crippen molar-refractivity contribution in [2.45, 2.75) is 44.6 Å². The number of phenols is 1. The van der Waals surface area contributed by atoms with Crippen molar-refractivity contribution in [1.82, 2.24) is 0 Å². The minimum Gasteiger partial charge on any atom is -0.507 e. The summed E-state index contributed by atoms with van der Waals surface area (Å²) < 4.78 is 0. The summed E-state index contributed by atoms with van der Waals surface area (Å²) in [6, 6.07) is 25.4. The first-order valence-electron chi connectivity index (χ1n) is 10.1. The second-order valence-corrected chi connectivity index (χ2v) is 7.97. The molecule has 142 valence electrons. The van der Waals surface area contributed by atoms with E-state index < -0.39 is 5.41 Å². The molecule has 4 rings (SSSR count). The molecule has 2 nitrogen and oxygen atoms in total. The molecule has 0 unspecified atom stereocenters. The van der Waals surface area contributed by atoms with Gasteiger partial charge in [0.15, 0.2) is 0 Å². The molecule has 0 saturated heterocycles. The van der Waals surface area contributed by atoms with Gasteiger partial charge in [-0.05, 0) is 55.9 Å². The Morgan fingerprint density at radius 3 is 2.00 bits per heavy atom. The van der Waals surface area contributed by atoms with Gasteiger partial charge in [0.25, 0.3) is 0 Å². The molecule has 28 heavy (non-hydrogen) atoms. The van der Waals surface area contributed by atoms with Crippen molar-refractivity contribution in [2.24, 2.45) is 4.99 Å². The lowest BCUT2D eigenvalue weighted by molar-refractivity contribution is 0.421. The summed E-state index contributed by atoms with van der Waals surface area (Å²) in [6.07, 6.45) is 5.43. The maximum atomic E-state index is 11.3. The third-order valence-corrected chi connectivity index (χ3v) is 6.02. The Balaban J connectivity index is 1.89. The van der Waals surface area contributed by atoms with Gasteiger partial charge in [-0.2, -0.15) is 0 Å². The monoisotopic (exact) mass is 369 g/mol. The van der Waals surface area contributed by atoms with Crippen LogP contribution in [0.3, 0.4) is 0 Å². The average Bonchev–Trinajstić information content (AvgIpc) is 2.70. The quantitative estimate of drug-likeness (QED) is 0.432. The molecule has 3 aromatic carbocycles. The third-order valence-electron chi connectivity index (χ3n) is 6.02. The highest BCUT2D eigenvalue weighted by Crippen LogP contribution is 2.44. The van der Waals surface area contributed by atoms with Crippen molar-refractivity contribution >= 4 is 6.21 Å². The molecule has 0 aliphatic heterocycles. The van der Waals surface area contributed by atoms with E-state index in [1.807, 2.05) is 24.4 Å². The number of aromatic hydroxyl groups is 1. The van der Waals surface area contributed by atoms with Gasteiger partial charge in [0, 0.05) is 28.8 Å². The van der Waals surface area contributed by atoms with E-state index in [4.69, 9.17) is 0 Å². The Morgan fingerprint density at radius 2 is 1.50 bits per heavy atom. The predicted molar refractivity (Wildman–Crippen MR) is 117 cm³/mol. The number of nitrogens with zero attached hydrogens (tertiary/aromatic N) is 1. The van der Waals surface area contributed by atoms with Crippen molar-refractivity contribution in [3.63, 3.8) is 0 Å². The molecule has 2 heteroatoms. The van der Waals surface area contributed by atoms with E-state index in [1.165, 1.54) is 6.42 Å². The Morgan fingerprint density at radius 1 is 0.929 bits per heavy atom. The summed E-state index contributed by atoms with van der Waals surface area (Å²) in [6.45, 7) is 4.28. The summed E-state index contributed by atoms with van der Waals surface area (Å²) in [7, 11) is 0. The first-order valence-corrected chi connectivity index (χ1v) is 10.1. The Kier molecular flexibility index (Phi) is 5.04. The summed E-state index contributed by atoms with van der Waals surface area (Å²) in [5.41, 5.74) is 4.70. The number of hydrogen-bond donors (Lipinski definition) is 1. The van der Waals surface area contributed by atoms with Gasteiger partial charge >= 0.3 is 0 Å². The smallest absolute Gasteiger partial charge is 0.128 e. The van der Waals surface area contributed by atoms with Crippen LogP contribution >= 0.6 is 0 Å². The first kappa shape index (κ1) is 18.5. The molecule has 0 spiro atoms. The van der Waals surface area contributed by atoms with Crippen LogP contribution in [-0.4, -0.2) is 17.4 Å². The zero-order valence-corrected chi connectivity index (χ0v) is 16.6. The van der Waals surface area contributed by atoms with Gasteiger partial charge in [-0.1, -0.05) is 66.7 Å². The SMILES string of the molecule is Cc1cc(C=NC2CCC2)c(O)c(C(C)(c2ccccc2)c2ccccc2)c1. The molecule has 0 bridgehead atoms. The molecule has 0 aromatic heterocycles. The molecule has 0 radical (unpaired) electrons. The van der Waals surface area contributed by atoms with Crippen molar-refractivity contribution in [1.29, 1.82) is 0 Å². The molecule has 1 N–H and O–H groups in total. The van der Waals surface area contributed by atoms with Crippen LogP contribution in [-0.2, 0) is 5.41 Å². The molecular formula is C26H27NO. The molecule has 1 aliphatic rings. The normalized spacial score (nSPS) is 14.9. The third kappa shape index (κ3) is 3.35. The number of aliphatic imine (C=N–C) groups is 1. The Hall–Kier alpha value is -2.87. The lowest BCUT2D eigenvalue weighted by Crippen LogP contribution is -2.26. The van der Waals surface area contributed by atoms with Gasteiger partial charge in [-0.3, -0.25) is 4.99 Å². The van der Waals surface area contributed by atoms with E-state index in [0.29, 0.717) is 11.8 Å².